The maximum absolute atomic E-state index is 4.32. The van der Waals surface area contributed by atoms with Crippen LogP contribution in [0, 0.1) is 5.92 Å². The molecule has 0 aliphatic carbocycles. The van der Waals surface area contributed by atoms with Crippen LogP contribution in [0.3, 0.4) is 0 Å². The zero-order valence-electron chi connectivity index (χ0n) is 13.5. The lowest BCUT2D eigenvalue weighted by Crippen LogP contribution is -2.37. The molecule has 2 aromatic heterocycles. The first-order valence-corrected chi connectivity index (χ1v) is 7.58. The summed E-state index contributed by atoms with van der Waals surface area (Å²) in [6.45, 7) is 6.04. The Morgan fingerprint density at radius 2 is 2.18 bits per heavy atom. The first-order chi connectivity index (χ1) is 10.7. The molecule has 0 aromatic carbocycles. The molecule has 0 amide bonds. The van der Waals surface area contributed by atoms with Crippen molar-refractivity contribution in [1.82, 2.24) is 25.4 Å². The summed E-state index contributed by atoms with van der Waals surface area (Å²) in [5, 5.41) is 10.8. The van der Waals surface area contributed by atoms with E-state index in [1.165, 1.54) is 0 Å². The van der Waals surface area contributed by atoms with E-state index in [0.717, 1.165) is 30.3 Å². The number of rotatable bonds is 6. The van der Waals surface area contributed by atoms with Crippen LogP contribution in [-0.2, 0) is 6.54 Å². The van der Waals surface area contributed by atoms with Crippen LogP contribution >= 0.6 is 0 Å². The maximum atomic E-state index is 4.32. The summed E-state index contributed by atoms with van der Waals surface area (Å²) < 4.78 is 1.75. The van der Waals surface area contributed by atoms with Gasteiger partial charge < -0.3 is 10.6 Å². The molecule has 0 bridgehead atoms. The average Bonchev–Trinajstić information content (AvgIpc) is 3.05. The molecule has 2 rings (SSSR count). The number of aliphatic imine (C=N–C) groups is 1. The molecule has 0 atom stereocenters. The van der Waals surface area contributed by atoms with Gasteiger partial charge in [-0.1, -0.05) is 13.8 Å². The minimum absolute atomic E-state index is 0.683. The van der Waals surface area contributed by atoms with E-state index in [1.54, 1.807) is 24.1 Å². The lowest BCUT2D eigenvalue weighted by molar-refractivity contribution is 0.573. The van der Waals surface area contributed by atoms with Gasteiger partial charge in [0.05, 0.1) is 0 Å². The Labute approximate surface area is 131 Å². The van der Waals surface area contributed by atoms with E-state index in [0.29, 0.717) is 12.5 Å². The molecule has 0 aliphatic heterocycles. The molecule has 22 heavy (non-hydrogen) atoms. The zero-order chi connectivity index (χ0) is 15.8. The van der Waals surface area contributed by atoms with Crippen molar-refractivity contribution in [2.75, 3.05) is 13.6 Å². The fourth-order valence-corrected chi connectivity index (χ4v) is 1.99. The van der Waals surface area contributed by atoms with Crippen molar-refractivity contribution < 1.29 is 0 Å². The molecular weight excluding hydrogens is 276 g/mol. The Morgan fingerprint density at radius 1 is 1.32 bits per heavy atom. The highest BCUT2D eigenvalue weighted by Crippen LogP contribution is 2.05. The van der Waals surface area contributed by atoms with Crippen molar-refractivity contribution in [1.29, 1.82) is 0 Å². The minimum Gasteiger partial charge on any atom is -0.356 e. The number of aromatic nitrogens is 3. The molecule has 0 spiro atoms. The lowest BCUT2D eigenvalue weighted by atomic mass is 10.1. The van der Waals surface area contributed by atoms with Crippen LogP contribution in [0.25, 0.3) is 5.82 Å². The Hall–Kier alpha value is -2.37. The predicted molar refractivity (Wildman–Crippen MR) is 89.0 cm³/mol. The monoisotopic (exact) mass is 300 g/mol. The van der Waals surface area contributed by atoms with Gasteiger partial charge in [-0.05, 0) is 36.1 Å². The van der Waals surface area contributed by atoms with Gasteiger partial charge in [0.1, 0.15) is 0 Å². The molecule has 2 N–H and O–H groups in total. The zero-order valence-corrected chi connectivity index (χ0v) is 13.5. The quantitative estimate of drug-likeness (QED) is 0.632. The number of guanidine groups is 1. The third-order valence-electron chi connectivity index (χ3n) is 3.25. The second-order valence-corrected chi connectivity index (χ2v) is 5.51. The van der Waals surface area contributed by atoms with Gasteiger partial charge in [-0.15, -0.1) is 0 Å². The van der Waals surface area contributed by atoms with Crippen molar-refractivity contribution in [3.63, 3.8) is 0 Å². The van der Waals surface area contributed by atoms with Gasteiger partial charge >= 0.3 is 0 Å². The van der Waals surface area contributed by atoms with Crippen LogP contribution in [0.15, 0.2) is 41.8 Å². The summed E-state index contributed by atoms with van der Waals surface area (Å²) >= 11 is 0. The summed E-state index contributed by atoms with van der Waals surface area (Å²) in [5.41, 5.74) is 1.13. The van der Waals surface area contributed by atoms with E-state index in [9.17, 15) is 0 Å². The second kappa shape index (κ2) is 8.17. The first-order valence-electron chi connectivity index (χ1n) is 7.58. The van der Waals surface area contributed by atoms with Gasteiger partial charge in [0.15, 0.2) is 11.8 Å². The first kappa shape index (κ1) is 16.0. The number of nitrogens with one attached hydrogen (secondary N) is 2. The second-order valence-electron chi connectivity index (χ2n) is 5.51. The molecule has 0 unspecified atom stereocenters. The van der Waals surface area contributed by atoms with E-state index < -0.39 is 0 Å². The largest absolute Gasteiger partial charge is 0.356 e. The van der Waals surface area contributed by atoms with Crippen molar-refractivity contribution in [3.05, 3.63) is 42.4 Å². The van der Waals surface area contributed by atoms with Crippen molar-refractivity contribution in [2.45, 2.75) is 26.8 Å². The average molecular weight is 300 g/mol. The van der Waals surface area contributed by atoms with Crippen LogP contribution in [0.1, 0.15) is 25.8 Å². The van der Waals surface area contributed by atoms with Gasteiger partial charge in [-0.2, -0.15) is 5.10 Å². The molecule has 0 saturated carbocycles. The van der Waals surface area contributed by atoms with Crippen molar-refractivity contribution >= 4 is 5.96 Å². The van der Waals surface area contributed by atoms with Crippen LogP contribution in [0.4, 0.5) is 0 Å². The highest BCUT2D eigenvalue weighted by Gasteiger charge is 2.02. The molecule has 2 heterocycles. The number of nitrogens with zero attached hydrogens (tertiary/aromatic N) is 4. The van der Waals surface area contributed by atoms with E-state index in [2.05, 4.69) is 39.6 Å². The lowest BCUT2D eigenvalue weighted by Gasteiger charge is -2.13. The molecular formula is C16H24N6. The van der Waals surface area contributed by atoms with Crippen LogP contribution in [-0.4, -0.2) is 34.3 Å². The summed E-state index contributed by atoms with van der Waals surface area (Å²) in [6.07, 6.45) is 6.54. The van der Waals surface area contributed by atoms with Crippen molar-refractivity contribution in [2.24, 2.45) is 10.9 Å². The van der Waals surface area contributed by atoms with Gasteiger partial charge in [-0.3, -0.25) is 4.99 Å². The number of hydrogen-bond donors (Lipinski definition) is 2. The highest BCUT2D eigenvalue weighted by atomic mass is 15.3. The highest BCUT2D eigenvalue weighted by molar-refractivity contribution is 5.79. The molecule has 2 aromatic rings. The Kier molecular flexibility index (Phi) is 5.94. The van der Waals surface area contributed by atoms with Crippen molar-refractivity contribution in [3.8, 4) is 5.82 Å². The third kappa shape index (κ3) is 4.87. The molecule has 0 saturated heterocycles. The van der Waals surface area contributed by atoms with Gasteiger partial charge in [0.2, 0.25) is 0 Å². The van der Waals surface area contributed by atoms with E-state index in [-0.39, 0.29) is 0 Å². The maximum Gasteiger partial charge on any atom is 0.191 e. The molecule has 0 radical (unpaired) electrons. The Bertz CT molecular complexity index is 588. The van der Waals surface area contributed by atoms with Crippen LogP contribution in [0.2, 0.25) is 0 Å². The number of hydrogen-bond acceptors (Lipinski definition) is 3. The molecule has 0 aliphatic rings. The Balaban J connectivity index is 1.89. The van der Waals surface area contributed by atoms with Crippen LogP contribution in [0.5, 0.6) is 0 Å². The topological polar surface area (TPSA) is 67.1 Å². The molecule has 118 valence electrons. The SMILES string of the molecule is CN=C(NCCC(C)C)NCc1ccnc(-n2cccn2)c1. The summed E-state index contributed by atoms with van der Waals surface area (Å²) in [4.78, 5) is 8.56. The fraction of sp³-hybridized carbons (Fsp3) is 0.438. The third-order valence-corrected chi connectivity index (χ3v) is 3.25. The van der Waals surface area contributed by atoms with Gasteiger partial charge in [-0.25, -0.2) is 9.67 Å². The fourth-order valence-electron chi connectivity index (χ4n) is 1.99. The summed E-state index contributed by atoms with van der Waals surface area (Å²) in [6, 6.07) is 5.88. The number of pyridine rings is 1. The van der Waals surface area contributed by atoms with E-state index in [1.807, 2.05) is 24.4 Å². The minimum atomic E-state index is 0.683. The van der Waals surface area contributed by atoms with Crippen LogP contribution < -0.4 is 10.6 Å². The van der Waals surface area contributed by atoms with E-state index in [4.69, 9.17) is 0 Å². The standard InChI is InChI=1S/C16H24N6/c1-13(2)5-8-19-16(17-3)20-12-14-6-9-18-15(11-14)22-10-4-7-21-22/h4,6-7,9-11,13H,5,8,12H2,1-3H3,(H2,17,19,20). The molecule has 0 fully saturated rings. The van der Waals surface area contributed by atoms with Gasteiger partial charge in [0.25, 0.3) is 0 Å². The molecule has 6 heteroatoms. The molecule has 6 nitrogen and oxygen atoms in total. The van der Waals surface area contributed by atoms with Gasteiger partial charge in [0, 0.05) is 38.7 Å². The Morgan fingerprint density at radius 3 is 2.86 bits per heavy atom. The summed E-state index contributed by atoms with van der Waals surface area (Å²) in [5.74, 6) is 2.31. The smallest absolute Gasteiger partial charge is 0.191 e. The van der Waals surface area contributed by atoms with E-state index >= 15 is 0 Å². The summed E-state index contributed by atoms with van der Waals surface area (Å²) in [7, 11) is 1.78. The normalized spacial score (nSPS) is 11.7. The predicted octanol–water partition coefficient (Wildman–Crippen LogP) is 1.98.